The van der Waals surface area contributed by atoms with Gasteiger partial charge < -0.3 is 0 Å². The fraction of sp³-hybridized carbons (Fsp3) is 0.300. The van der Waals surface area contributed by atoms with Crippen molar-refractivity contribution >= 4 is 46.4 Å². The van der Waals surface area contributed by atoms with Gasteiger partial charge in [-0.1, -0.05) is 34.8 Å². The molecule has 1 fully saturated rings. The molecule has 1 aromatic rings. The van der Waals surface area contributed by atoms with Crippen LogP contribution in [0.1, 0.15) is 0 Å². The summed E-state index contributed by atoms with van der Waals surface area (Å²) in [5.41, 5.74) is 2.38. The molecule has 104 valence electrons. The Morgan fingerprint density at radius 1 is 1.16 bits per heavy atom. The number of carbonyl (C=O) groups excluding carboxylic acids is 1. The highest BCUT2D eigenvalue weighted by molar-refractivity contribution is 6.44. The Balaban J connectivity index is 2.35. The van der Waals surface area contributed by atoms with E-state index in [-0.39, 0.29) is 20.8 Å². The second-order valence-corrected chi connectivity index (χ2v) is 5.07. The van der Waals surface area contributed by atoms with Crippen molar-refractivity contribution in [3.05, 3.63) is 27.2 Å². The zero-order valence-corrected chi connectivity index (χ0v) is 11.3. The molecule has 0 aromatic heterocycles. The molecular weight excluding hydrogens is 327 g/mol. The Morgan fingerprint density at radius 2 is 1.74 bits per heavy atom. The van der Waals surface area contributed by atoms with Gasteiger partial charge in [-0.25, -0.2) is 10.4 Å². The van der Waals surface area contributed by atoms with Crippen LogP contribution in [0.5, 0.6) is 0 Å². The lowest BCUT2D eigenvalue weighted by Gasteiger charge is -2.19. The summed E-state index contributed by atoms with van der Waals surface area (Å²) in [6.45, 7) is -0.543. The Bertz CT molecular complexity index is 535. The maximum absolute atomic E-state index is 12.6. The standard InChI is InChI=1S/C10H6Cl3F3N2O/c11-5-1-7(13)8(2-6(5)12)18-9(19)4(3-17-18)10(14,15)16/h1-2,4,17H,3H2. The number of nitrogens with one attached hydrogen (secondary N) is 1. The first kappa shape index (κ1) is 14.7. The Labute approximate surface area is 121 Å². The second kappa shape index (κ2) is 5.01. The average Bonchev–Trinajstić information content (AvgIpc) is 2.65. The first-order chi connectivity index (χ1) is 8.71. The molecule has 1 aliphatic rings. The van der Waals surface area contributed by atoms with Gasteiger partial charge in [0.1, 0.15) is 5.92 Å². The van der Waals surface area contributed by atoms with Gasteiger partial charge in [0.2, 0.25) is 0 Å². The van der Waals surface area contributed by atoms with E-state index in [9.17, 15) is 18.0 Å². The Kier molecular flexibility index (Phi) is 3.88. The van der Waals surface area contributed by atoms with Gasteiger partial charge in [-0.15, -0.1) is 0 Å². The van der Waals surface area contributed by atoms with Crippen LogP contribution in [0.2, 0.25) is 15.1 Å². The summed E-state index contributed by atoms with van der Waals surface area (Å²) in [7, 11) is 0. The first-order valence-electron chi connectivity index (χ1n) is 5.00. The molecule has 0 spiro atoms. The summed E-state index contributed by atoms with van der Waals surface area (Å²) in [4.78, 5) is 11.7. The van der Waals surface area contributed by atoms with Crippen molar-refractivity contribution in [3.63, 3.8) is 0 Å². The van der Waals surface area contributed by atoms with Crippen LogP contribution in [-0.2, 0) is 4.79 Å². The minimum Gasteiger partial charge on any atom is -0.272 e. The van der Waals surface area contributed by atoms with Crippen molar-refractivity contribution in [2.24, 2.45) is 5.92 Å². The predicted molar refractivity (Wildman–Crippen MR) is 66.5 cm³/mol. The molecule has 1 aliphatic heterocycles. The predicted octanol–water partition coefficient (Wildman–Crippen LogP) is 3.68. The molecule has 0 saturated carbocycles. The molecule has 0 bridgehead atoms. The Hall–Kier alpha value is -0.690. The molecule has 3 nitrogen and oxygen atoms in total. The van der Waals surface area contributed by atoms with Gasteiger partial charge in [-0.05, 0) is 12.1 Å². The molecule has 0 radical (unpaired) electrons. The number of anilines is 1. The lowest BCUT2D eigenvalue weighted by atomic mass is 10.1. The van der Waals surface area contributed by atoms with E-state index >= 15 is 0 Å². The zero-order chi connectivity index (χ0) is 14.4. The molecule has 1 aromatic carbocycles. The van der Waals surface area contributed by atoms with Crippen LogP contribution in [0.15, 0.2) is 12.1 Å². The molecule has 19 heavy (non-hydrogen) atoms. The minimum absolute atomic E-state index is 0.0260. The number of hydrazine groups is 1. The molecule has 1 amide bonds. The SMILES string of the molecule is O=C1C(C(F)(F)F)CNN1c1cc(Cl)c(Cl)cc1Cl. The molecule has 9 heteroatoms. The Morgan fingerprint density at radius 3 is 2.26 bits per heavy atom. The summed E-state index contributed by atoms with van der Waals surface area (Å²) in [5, 5.41) is 1.00. The molecule has 0 aliphatic carbocycles. The number of rotatable bonds is 1. The van der Waals surface area contributed by atoms with Gasteiger partial charge in [-0.3, -0.25) is 4.79 Å². The third-order valence-corrected chi connectivity index (χ3v) is 3.62. The van der Waals surface area contributed by atoms with Crippen LogP contribution in [0.4, 0.5) is 18.9 Å². The second-order valence-electron chi connectivity index (χ2n) is 3.85. The van der Waals surface area contributed by atoms with Crippen molar-refractivity contribution in [2.45, 2.75) is 6.18 Å². The van der Waals surface area contributed by atoms with E-state index in [4.69, 9.17) is 34.8 Å². The summed E-state index contributed by atoms with van der Waals surface area (Å²) >= 11 is 17.3. The van der Waals surface area contributed by atoms with Gasteiger partial charge in [0.15, 0.2) is 0 Å². The molecular formula is C10H6Cl3F3N2O. The largest absolute Gasteiger partial charge is 0.401 e. The van der Waals surface area contributed by atoms with Gasteiger partial charge in [0, 0.05) is 6.54 Å². The lowest BCUT2D eigenvalue weighted by Crippen LogP contribution is -2.36. The number of hydrogen-bond donors (Lipinski definition) is 1. The number of amides is 1. The van der Waals surface area contributed by atoms with Crippen molar-refractivity contribution in [1.82, 2.24) is 5.43 Å². The van der Waals surface area contributed by atoms with E-state index in [0.29, 0.717) is 0 Å². The maximum atomic E-state index is 12.6. The number of halogens is 6. The van der Waals surface area contributed by atoms with Crippen LogP contribution >= 0.6 is 34.8 Å². The number of alkyl halides is 3. The third-order valence-electron chi connectivity index (χ3n) is 2.60. The van der Waals surface area contributed by atoms with Gasteiger partial charge >= 0.3 is 6.18 Å². The molecule has 1 atom stereocenters. The van der Waals surface area contributed by atoms with E-state index < -0.39 is 24.5 Å². The van der Waals surface area contributed by atoms with E-state index in [2.05, 4.69) is 5.43 Å². The van der Waals surface area contributed by atoms with Crippen molar-refractivity contribution in [3.8, 4) is 0 Å². The van der Waals surface area contributed by atoms with Gasteiger partial charge in [0.05, 0.1) is 20.8 Å². The molecule has 1 heterocycles. The number of nitrogens with zero attached hydrogens (tertiary/aromatic N) is 1. The van der Waals surface area contributed by atoms with Gasteiger partial charge in [0.25, 0.3) is 5.91 Å². The minimum atomic E-state index is -4.61. The van der Waals surface area contributed by atoms with Crippen LogP contribution in [-0.4, -0.2) is 18.6 Å². The monoisotopic (exact) mass is 332 g/mol. The van der Waals surface area contributed by atoms with E-state index in [0.717, 1.165) is 5.01 Å². The lowest BCUT2D eigenvalue weighted by molar-refractivity contribution is -0.174. The van der Waals surface area contributed by atoms with Crippen LogP contribution in [0.3, 0.4) is 0 Å². The summed E-state index contributed by atoms with van der Waals surface area (Å²) in [6.07, 6.45) is -4.61. The summed E-state index contributed by atoms with van der Waals surface area (Å²) in [5.74, 6) is -3.23. The van der Waals surface area contributed by atoms with Crippen molar-refractivity contribution in [1.29, 1.82) is 0 Å². The third kappa shape index (κ3) is 2.76. The molecule has 2 rings (SSSR count). The van der Waals surface area contributed by atoms with E-state index in [1.807, 2.05) is 0 Å². The number of hydrogen-bond acceptors (Lipinski definition) is 2. The first-order valence-corrected chi connectivity index (χ1v) is 6.14. The average molecular weight is 334 g/mol. The smallest absolute Gasteiger partial charge is 0.272 e. The van der Waals surface area contributed by atoms with Crippen LogP contribution < -0.4 is 10.4 Å². The highest BCUT2D eigenvalue weighted by Gasteiger charge is 2.50. The highest BCUT2D eigenvalue weighted by Crippen LogP contribution is 2.38. The fourth-order valence-corrected chi connectivity index (χ4v) is 2.27. The van der Waals surface area contributed by atoms with E-state index in [1.165, 1.54) is 12.1 Å². The maximum Gasteiger partial charge on any atom is 0.401 e. The quantitative estimate of drug-likeness (QED) is 0.795. The van der Waals surface area contributed by atoms with Crippen LogP contribution in [0.25, 0.3) is 0 Å². The van der Waals surface area contributed by atoms with Crippen LogP contribution in [0, 0.1) is 5.92 Å². The highest BCUT2D eigenvalue weighted by atomic mass is 35.5. The van der Waals surface area contributed by atoms with Crippen molar-refractivity contribution < 1.29 is 18.0 Å². The molecule has 1 N–H and O–H groups in total. The zero-order valence-electron chi connectivity index (χ0n) is 9.06. The molecule has 1 unspecified atom stereocenters. The summed E-state index contributed by atoms with van der Waals surface area (Å²) in [6, 6.07) is 2.49. The van der Waals surface area contributed by atoms with Crippen molar-refractivity contribution in [2.75, 3.05) is 11.6 Å². The van der Waals surface area contributed by atoms with Gasteiger partial charge in [-0.2, -0.15) is 13.2 Å². The fourth-order valence-electron chi connectivity index (χ4n) is 1.65. The van der Waals surface area contributed by atoms with E-state index in [1.54, 1.807) is 0 Å². The summed E-state index contributed by atoms with van der Waals surface area (Å²) < 4.78 is 37.7. The number of carbonyl (C=O) groups is 1. The number of benzene rings is 1. The topological polar surface area (TPSA) is 32.3 Å². The normalized spacial score (nSPS) is 20.2. The molecule has 1 saturated heterocycles.